The summed E-state index contributed by atoms with van der Waals surface area (Å²) in [6.07, 6.45) is 0. The van der Waals surface area contributed by atoms with Crippen molar-refractivity contribution in [1.29, 1.82) is 0 Å². The van der Waals surface area contributed by atoms with Gasteiger partial charge in [-0.1, -0.05) is 12.1 Å². The minimum atomic E-state index is -0.136. The second-order valence-electron chi connectivity index (χ2n) is 4.16. The standard InChI is InChI=1S/C12H19N3O/c1-9-5-4-6-11(7-9)14-12(16)15(3)8-10(2)13/h4-7,10H,8,13H2,1-3H3,(H,14,16). The Morgan fingerprint density at radius 2 is 2.25 bits per heavy atom. The molecule has 1 rings (SSSR count). The van der Waals surface area contributed by atoms with E-state index in [0.29, 0.717) is 6.54 Å². The van der Waals surface area contributed by atoms with E-state index in [1.807, 2.05) is 38.1 Å². The van der Waals surface area contributed by atoms with Gasteiger partial charge in [0.2, 0.25) is 0 Å². The zero-order chi connectivity index (χ0) is 12.1. The largest absolute Gasteiger partial charge is 0.326 e. The molecule has 0 saturated heterocycles. The number of benzene rings is 1. The number of carbonyl (C=O) groups is 1. The van der Waals surface area contributed by atoms with Gasteiger partial charge in [0, 0.05) is 25.3 Å². The van der Waals surface area contributed by atoms with Crippen molar-refractivity contribution in [3.05, 3.63) is 29.8 Å². The Hall–Kier alpha value is -1.55. The Kier molecular flexibility index (Phi) is 4.31. The van der Waals surface area contributed by atoms with E-state index in [-0.39, 0.29) is 12.1 Å². The number of carbonyl (C=O) groups excluding carboxylic acids is 1. The van der Waals surface area contributed by atoms with Crippen molar-refractivity contribution in [2.24, 2.45) is 5.73 Å². The minimum absolute atomic E-state index is 0.0201. The Morgan fingerprint density at radius 1 is 1.56 bits per heavy atom. The first-order valence-electron chi connectivity index (χ1n) is 5.33. The van der Waals surface area contributed by atoms with E-state index in [0.717, 1.165) is 11.3 Å². The number of nitrogens with two attached hydrogens (primary N) is 1. The fourth-order valence-corrected chi connectivity index (χ4v) is 1.46. The van der Waals surface area contributed by atoms with Crippen LogP contribution >= 0.6 is 0 Å². The summed E-state index contributed by atoms with van der Waals surface area (Å²) >= 11 is 0. The average Bonchev–Trinajstić information content (AvgIpc) is 2.16. The predicted octanol–water partition coefficient (Wildman–Crippen LogP) is 1.81. The van der Waals surface area contributed by atoms with Gasteiger partial charge in [0.15, 0.2) is 0 Å². The molecule has 16 heavy (non-hydrogen) atoms. The number of rotatable bonds is 3. The summed E-state index contributed by atoms with van der Waals surface area (Å²) in [5, 5.41) is 2.82. The van der Waals surface area contributed by atoms with Crippen LogP contribution in [0.3, 0.4) is 0 Å². The van der Waals surface area contributed by atoms with Gasteiger partial charge in [0.25, 0.3) is 0 Å². The zero-order valence-electron chi connectivity index (χ0n) is 10.0. The number of hydrogen-bond donors (Lipinski definition) is 2. The fourth-order valence-electron chi connectivity index (χ4n) is 1.46. The van der Waals surface area contributed by atoms with E-state index in [1.165, 1.54) is 0 Å². The highest BCUT2D eigenvalue weighted by Crippen LogP contribution is 2.09. The van der Waals surface area contributed by atoms with Gasteiger partial charge in [-0.15, -0.1) is 0 Å². The highest BCUT2D eigenvalue weighted by molar-refractivity contribution is 5.89. The molecule has 1 aromatic carbocycles. The summed E-state index contributed by atoms with van der Waals surface area (Å²) < 4.78 is 0. The van der Waals surface area contributed by atoms with Crippen molar-refractivity contribution in [1.82, 2.24) is 4.90 Å². The van der Waals surface area contributed by atoms with Gasteiger partial charge >= 0.3 is 6.03 Å². The third-order valence-electron chi connectivity index (χ3n) is 2.18. The van der Waals surface area contributed by atoms with Gasteiger partial charge in [0.05, 0.1) is 0 Å². The molecular weight excluding hydrogens is 202 g/mol. The van der Waals surface area contributed by atoms with Crippen molar-refractivity contribution >= 4 is 11.7 Å². The molecule has 0 saturated carbocycles. The molecule has 1 aromatic rings. The molecule has 0 fully saturated rings. The lowest BCUT2D eigenvalue weighted by Gasteiger charge is -2.19. The molecule has 4 nitrogen and oxygen atoms in total. The molecule has 0 aliphatic carbocycles. The van der Waals surface area contributed by atoms with E-state index >= 15 is 0 Å². The first-order chi connectivity index (χ1) is 7.49. The Labute approximate surface area is 96.4 Å². The van der Waals surface area contributed by atoms with E-state index < -0.39 is 0 Å². The summed E-state index contributed by atoms with van der Waals surface area (Å²) in [4.78, 5) is 13.3. The Balaban J connectivity index is 2.57. The molecular formula is C12H19N3O. The van der Waals surface area contributed by atoms with Gasteiger partial charge in [-0.25, -0.2) is 4.79 Å². The van der Waals surface area contributed by atoms with Crippen molar-refractivity contribution in [2.75, 3.05) is 18.9 Å². The molecule has 0 aliphatic heterocycles. The second kappa shape index (κ2) is 5.51. The molecule has 0 radical (unpaired) electrons. The summed E-state index contributed by atoms with van der Waals surface area (Å²) in [6, 6.07) is 7.54. The van der Waals surface area contributed by atoms with Gasteiger partial charge in [-0.3, -0.25) is 0 Å². The van der Waals surface area contributed by atoms with Crippen LogP contribution < -0.4 is 11.1 Å². The highest BCUT2D eigenvalue weighted by atomic mass is 16.2. The van der Waals surface area contributed by atoms with E-state index in [4.69, 9.17) is 5.73 Å². The van der Waals surface area contributed by atoms with Crippen LogP contribution in [0.15, 0.2) is 24.3 Å². The number of nitrogens with one attached hydrogen (secondary N) is 1. The van der Waals surface area contributed by atoms with Gasteiger partial charge < -0.3 is 16.0 Å². The lowest BCUT2D eigenvalue weighted by atomic mass is 10.2. The maximum atomic E-state index is 11.7. The second-order valence-corrected chi connectivity index (χ2v) is 4.16. The molecule has 88 valence electrons. The monoisotopic (exact) mass is 221 g/mol. The molecule has 4 heteroatoms. The molecule has 0 bridgehead atoms. The summed E-state index contributed by atoms with van der Waals surface area (Å²) in [7, 11) is 1.73. The van der Waals surface area contributed by atoms with Gasteiger partial charge in [-0.2, -0.15) is 0 Å². The number of urea groups is 1. The average molecular weight is 221 g/mol. The number of anilines is 1. The third kappa shape index (κ3) is 3.90. The van der Waals surface area contributed by atoms with Crippen molar-refractivity contribution in [3.63, 3.8) is 0 Å². The van der Waals surface area contributed by atoms with E-state index in [1.54, 1.807) is 11.9 Å². The van der Waals surface area contributed by atoms with Crippen LogP contribution in [-0.4, -0.2) is 30.6 Å². The molecule has 1 unspecified atom stereocenters. The molecule has 0 heterocycles. The zero-order valence-corrected chi connectivity index (χ0v) is 10.0. The van der Waals surface area contributed by atoms with Crippen LogP contribution in [0.4, 0.5) is 10.5 Å². The van der Waals surface area contributed by atoms with E-state index in [2.05, 4.69) is 5.32 Å². The molecule has 0 aliphatic rings. The van der Waals surface area contributed by atoms with Crippen LogP contribution in [0.1, 0.15) is 12.5 Å². The Bertz CT molecular complexity index is 363. The van der Waals surface area contributed by atoms with Gasteiger partial charge in [-0.05, 0) is 31.5 Å². The van der Waals surface area contributed by atoms with E-state index in [9.17, 15) is 4.79 Å². The number of nitrogens with zero attached hydrogens (tertiary/aromatic N) is 1. The maximum absolute atomic E-state index is 11.7. The van der Waals surface area contributed by atoms with Crippen molar-refractivity contribution in [3.8, 4) is 0 Å². The fraction of sp³-hybridized carbons (Fsp3) is 0.417. The molecule has 1 atom stereocenters. The number of likely N-dealkylation sites (N-methyl/N-ethyl adjacent to an activating group) is 1. The van der Waals surface area contributed by atoms with Crippen LogP contribution in [-0.2, 0) is 0 Å². The summed E-state index contributed by atoms with van der Waals surface area (Å²) in [5.41, 5.74) is 7.55. The van der Waals surface area contributed by atoms with Crippen LogP contribution in [0.25, 0.3) is 0 Å². The van der Waals surface area contributed by atoms with Gasteiger partial charge in [0.1, 0.15) is 0 Å². The van der Waals surface area contributed by atoms with Crippen LogP contribution in [0.5, 0.6) is 0 Å². The molecule has 0 aromatic heterocycles. The van der Waals surface area contributed by atoms with Crippen LogP contribution in [0, 0.1) is 6.92 Å². The summed E-state index contributed by atoms with van der Waals surface area (Å²) in [6.45, 7) is 4.40. The third-order valence-corrected chi connectivity index (χ3v) is 2.18. The molecule has 0 spiro atoms. The Morgan fingerprint density at radius 3 is 2.81 bits per heavy atom. The summed E-state index contributed by atoms with van der Waals surface area (Å²) in [5.74, 6) is 0. The highest BCUT2D eigenvalue weighted by Gasteiger charge is 2.09. The topological polar surface area (TPSA) is 58.4 Å². The number of hydrogen-bond acceptors (Lipinski definition) is 2. The molecule has 2 amide bonds. The first kappa shape index (κ1) is 12.5. The SMILES string of the molecule is Cc1cccc(NC(=O)N(C)CC(C)N)c1. The van der Waals surface area contributed by atoms with Crippen molar-refractivity contribution in [2.45, 2.75) is 19.9 Å². The lowest BCUT2D eigenvalue weighted by Crippen LogP contribution is -2.39. The van der Waals surface area contributed by atoms with Crippen LogP contribution in [0.2, 0.25) is 0 Å². The first-order valence-corrected chi connectivity index (χ1v) is 5.33. The molecule has 3 N–H and O–H groups in total. The maximum Gasteiger partial charge on any atom is 0.321 e. The normalized spacial score (nSPS) is 12.0. The van der Waals surface area contributed by atoms with Crippen molar-refractivity contribution < 1.29 is 4.79 Å². The number of aryl methyl sites for hydroxylation is 1. The predicted molar refractivity (Wildman–Crippen MR) is 66.5 cm³/mol. The minimum Gasteiger partial charge on any atom is -0.326 e. The smallest absolute Gasteiger partial charge is 0.321 e. The quantitative estimate of drug-likeness (QED) is 0.817. The number of amides is 2. The lowest BCUT2D eigenvalue weighted by molar-refractivity contribution is 0.220.